The van der Waals surface area contributed by atoms with Gasteiger partial charge in [-0.1, -0.05) is 39.3 Å². The lowest BCUT2D eigenvalue weighted by Crippen LogP contribution is -2.34. The molecule has 0 spiro atoms. The minimum Gasteiger partial charge on any atom is -0.359 e. The highest BCUT2D eigenvalue weighted by Crippen LogP contribution is 2.20. The number of aryl methyl sites for hydroxylation is 2. The Hall–Kier alpha value is -1.82. The van der Waals surface area contributed by atoms with E-state index in [-0.39, 0.29) is 6.03 Å². The molecule has 1 heterocycles. The van der Waals surface area contributed by atoms with Crippen molar-refractivity contribution in [3.63, 3.8) is 0 Å². The van der Waals surface area contributed by atoms with Crippen LogP contribution in [0.25, 0.3) is 0 Å². The number of hydrogen-bond donors (Lipinski definition) is 2. The van der Waals surface area contributed by atoms with Crippen LogP contribution >= 0.6 is 15.9 Å². The summed E-state index contributed by atoms with van der Waals surface area (Å²) in [7, 11) is 0. The molecule has 2 amide bonds. The van der Waals surface area contributed by atoms with Crippen LogP contribution in [0.15, 0.2) is 33.3 Å². The Morgan fingerprint density at radius 3 is 2.75 bits per heavy atom. The highest BCUT2D eigenvalue weighted by molar-refractivity contribution is 9.10. The van der Waals surface area contributed by atoms with E-state index in [0.717, 1.165) is 21.3 Å². The average molecular weight is 338 g/mol. The maximum Gasteiger partial charge on any atom is 0.315 e. The van der Waals surface area contributed by atoms with Crippen molar-refractivity contribution in [2.75, 3.05) is 0 Å². The maximum absolute atomic E-state index is 11.7. The summed E-state index contributed by atoms with van der Waals surface area (Å²) in [4.78, 5) is 11.7. The predicted molar refractivity (Wildman–Crippen MR) is 79.2 cm³/mol. The van der Waals surface area contributed by atoms with Crippen LogP contribution in [-0.2, 0) is 13.1 Å². The monoisotopic (exact) mass is 337 g/mol. The van der Waals surface area contributed by atoms with Crippen LogP contribution in [0.3, 0.4) is 0 Å². The van der Waals surface area contributed by atoms with Crippen LogP contribution < -0.4 is 10.6 Å². The van der Waals surface area contributed by atoms with Crippen molar-refractivity contribution in [2.24, 2.45) is 0 Å². The summed E-state index contributed by atoms with van der Waals surface area (Å²) in [5.41, 5.74) is 2.98. The van der Waals surface area contributed by atoms with E-state index >= 15 is 0 Å². The molecule has 6 heteroatoms. The maximum atomic E-state index is 11.7. The quantitative estimate of drug-likeness (QED) is 0.900. The summed E-state index contributed by atoms with van der Waals surface area (Å²) in [6.07, 6.45) is 0. The molecule has 0 atom stereocenters. The van der Waals surface area contributed by atoms with Crippen LogP contribution in [-0.4, -0.2) is 11.2 Å². The van der Waals surface area contributed by atoms with Gasteiger partial charge in [-0.3, -0.25) is 0 Å². The van der Waals surface area contributed by atoms with Gasteiger partial charge in [0.05, 0.1) is 12.2 Å². The third-order valence-electron chi connectivity index (χ3n) is 2.81. The first-order chi connectivity index (χ1) is 9.56. The second-order valence-corrected chi connectivity index (χ2v) is 5.31. The standard InChI is InChI=1S/C14H16BrN3O2/c1-9-4-3-5-11(13(9)15)7-16-14(19)17-8-12-6-10(2)18-20-12/h3-6H,7-8H2,1-2H3,(H2,16,17,19). The minimum atomic E-state index is -0.243. The molecule has 2 rings (SSSR count). The molecular weight excluding hydrogens is 322 g/mol. The first kappa shape index (κ1) is 14.6. The zero-order valence-corrected chi connectivity index (χ0v) is 13.0. The number of amides is 2. The summed E-state index contributed by atoms with van der Waals surface area (Å²) >= 11 is 3.51. The first-order valence-corrected chi connectivity index (χ1v) is 7.03. The van der Waals surface area contributed by atoms with Gasteiger partial charge in [0.15, 0.2) is 5.76 Å². The minimum absolute atomic E-state index is 0.243. The molecule has 1 aromatic heterocycles. The van der Waals surface area contributed by atoms with Gasteiger partial charge >= 0.3 is 6.03 Å². The Bertz CT molecular complexity index is 610. The van der Waals surface area contributed by atoms with Gasteiger partial charge in [0.1, 0.15) is 0 Å². The summed E-state index contributed by atoms with van der Waals surface area (Å²) < 4.78 is 6.03. The summed E-state index contributed by atoms with van der Waals surface area (Å²) in [6.45, 7) is 4.63. The van der Waals surface area contributed by atoms with E-state index in [0.29, 0.717) is 18.8 Å². The van der Waals surface area contributed by atoms with Crippen molar-refractivity contribution < 1.29 is 9.32 Å². The Morgan fingerprint density at radius 1 is 1.30 bits per heavy atom. The number of urea groups is 1. The van der Waals surface area contributed by atoms with Crippen LogP contribution in [0.5, 0.6) is 0 Å². The number of halogens is 1. The molecule has 2 N–H and O–H groups in total. The summed E-state index contributed by atoms with van der Waals surface area (Å²) in [5.74, 6) is 0.634. The number of aromatic nitrogens is 1. The topological polar surface area (TPSA) is 67.2 Å². The van der Waals surface area contributed by atoms with Crippen molar-refractivity contribution in [2.45, 2.75) is 26.9 Å². The van der Waals surface area contributed by atoms with Crippen molar-refractivity contribution in [3.8, 4) is 0 Å². The zero-order chi connectivity index (χ0) is 14.5. The van der Waals surface area contributed by atoms with Gasteiger partial charge in [-0.05, 0) is 25.0 Å². The van der Waals surface area contributed by atoms with Gasteiger partial charge in [0.2, 0.25) is 0 Å². The fraction of sp³-hybridized carbons (Fsp3) is 0.286. The van der Waals surface area contributed by atoms with Crippen molar-refractivity contribution >= 4 is 22.0 Å². The van der Waals surface area contributed by atoms with Gasteiger partial charge in [0.25, 0.3) is 0 Å². The number of carbonyl (C=O) groups is 1. The lowest BCUT2D eigenvalue weighted by molar-refractivity contribution is 0.238. The van der Waals surface area contributed by atoms with E-state index in [4.69, 9.17) is 4.52 Å². The van der Waals surface area contributed by atoms with E-state index in [9.17, 15) is 4.79 Å². The van der Waals surface area contributed by atoms with Gasteiger partial charge in [-0.15, -0.1) is 0 Å². The number of hydrogen-bond acceptors (Lipinski definition) is 3. The fourth-order valence-electron chi connectivity index (χ4n) is 1.75. The average Bonchev–Trinajstić information content (AvgIpc) is 2.84. The number of nitrogens with one attached hydrogen (secondary N) is 2. The SMILES string of the molecule is Cc1cc(CNC(=O)NCc2cccc(C)c2Br)on1. The van der Waals surface area contributed by atoms with E-state index in [2.05, 4.69) is 31.7 Å². The van der Waals surface area contributed by atoms with Crippen LogP contribution in [0.1, 0.15) is 22.6 Å². The second-order valence-electron chi connectivity index (χ2n) is 4.52. The van der Waals surface area contributed by atoms with E-state index in [1.807, 2.05) is 32.0 Å². The largest absolute Gasteiger partial charge is 0.359 e. The van der Waals surface area contributed by atoms with Crippen LogP contribution in [0, 0.1) is 13.8 Å². The molecule has 0 saturated carbocycles. The second kappa shape index (κ2) is 6.56. The first-order valence-electron chi connectivity index (χ1n) is 6.24. The Balaban J connectivity index is 1.82. The molecule has 0 unspecified atom stereocenters. The predicted octanol–water partition coefficient (Wildman–Crippen LogP) is 3.05. The van der Waals surface area contributed by atoms with E-state index < -0.39 is 0 Å². The van der Waals surface area contributed by atoms with Crippen molar-refractivity contribution in [3.05, 3.63) is 51.3 Å². The molecule has 0 fully saturated rings. The molecule has 0 bridgehead atoms. The zero-order valence-electron chi connectivity index (χ0n) is 11.4. The molecular formula is C14H16BrN3O2. The lowest BCUT2D eigenvalue weighted by atomic mass is 10.1. The number of benzene rings is 1. The molecule has 2 aromatic rings. The van der Waals surface area contributed by atoms with Crippen molar-refractivity contribution in [1.29, 1.82) is 0 Å². The Labute approximate surface area is 125 Å². The highest BCUT2D eigenvalue weighted by Gasteiger charge is 2.06. The number of carbonyl (C=O) groups excluding carboxylic acids is 1. The Morgan fingerprint density at radius 2 is 2.05 bits per heavy atom. The van der Waals surface area contributed by atoms with Gasteiger partial charge in [-0.2, -0.15) is 0 Å². The lowest BCUT2D eigenvalue weighted by Gasteiger charge is -2.09. The smallest absolute Gasteiger partial charge is 0.315 e. The summed E-state index contributed by atoms with van der Waals surface area (Å²) in [6, 6.07) is 7.49. The highest BCUT2D eigenvalue weighted by atomic mass is 79.9. The van der Waals surface area contributed by atoms with Gasteiger partial charge < -0.3 is 15.2 Å². The molecule has 0 aliphatic carbocycles. The normalized spacial score (nSPS) is 10.3. The number of nitrogens with zero attached hydrogens (tertiary/aromatic N) is 1. The van der Waals surface area contributed by atoms with Crippen molar-refractivity contribution in [1.82, 2.24) is 15.8 Å². The Kier molecular flexibility index (Phi) is 4.79. The van der Waals surface area contributed by atoms with E-state index in [1.54, 1.807) is 6.07 Å². The molecule has 20 heavy (non-hydrogen) atoms. The number of rotatable bonds is 4. The molecule has 106 valence electrons. The molecule has 0 aliphatic rings. The molecule has 0 aliphatic heterocycles. The third kappa shape index (κ3) is 3.84. The fourth-order valence-corrected chi connectivity index (χ4v) is 2.15. The van der Waals surface area contributed by atoms with Crippen LogP contribution in [0.4, 0.5) is 4.79 Å². The molecule has 5 nitrogen and oxygen atoms in total. The molecule has 1 aromatic carbocycles. The van der Waals surface area contributed by atoms with Crippen LogP contribution in [0.2, 0.25) is 0 Å². The molecule has 0 radical (unpaired) electrons. The van der Waals surface area contributed by atoms with E-state index in [1.165, 1.54) is 0 Å². The summed E-state index contributed by atoms with van der Waals surface area (Å²) in [5, 5.41) is 9.28. The molecule has 0 saturated heterocycles. The van der Waals surface area contributed by atoms with Gasteiger partial charge in [0, 0.05) is 17.1 Å². The van der Waals surface area contributed by atoms with Gasteiger partial charge in [-0.25, -0.2) is 4.79 Å². The third-order valence-corrected chi connectivity index (χ3v) is 3.95.